The number of nitrogens with zero attached hydrogens (tertiary/aromatic N) is 1. The molecule has 0 unspecified atom stereocenters. The summed E-state index contributed by atoms with van der Waals surface area (Å²) in [5.74, 6) is -2.80. The predicted molar refractivity (Wildman–Crippen MR) is 69.0 cm³/mol. The zero-order valence-corrected chi connectivity index (χ0v) is 11.6. The normalized spacial score (nSPS) is 18.8. The smallest absolute Gasteiger partial charge is 0.255 e. The average molecular weight is 318 g/mol. The molecule has 1 amide bonds. The molecule has 2 rings (SSSR count). The van der Waals surface area contributed by atoms with Crippen molar-refractivity contribution in [1.29, 1.82) is 0 Å². The van der Waals surface area contributed by atoms with Crippen LogP contribution in [0.2, 0.25) is 0 Å². The van der Waals surface area contributed by atoms with Crippen LogP contribution < -0.4 is 0 Å². The maximum Gasteiger partial charge on any atom is 0.255 e. The van der Waals surface area contributed by atoms with E-state index in [0.717, 1.165) is 5.56 Å². The first-order valence-electron chi connectivity index (χ1n) is 5.82. The Bertz CT molecular complexity index is 466. The molecule has 1 saturated heterocycles. The first-order chi connectivity index (χ1) is 8.39. The van der Waals surface area contributed by atoms with Gasteiger partial charge in [-0.1, -0.05) is 11.6 Å². The molecule has 0 atom stereocenters. The maximum absolute atomic E-state index is 13.0. The second kappa shape index (κ2) is 4.96. The number of benzene rings is 1. The largest absolute Gasteiger partial charge is 0.338 e. The summed E-state index contributed by atoms with van der Waals surface area (Å²) >= 11 is 3.32. The summed E-state index contributed by atoms with van der Waals surface area (Å²) in [6, 6.07) is 5.48. The van der Waals surface area contributed by atoms with E-state index >= 15 is 0 Å². The Labute approximate surface area is 113 Å². The van der Waals surface area contributed by atoms with Crippen molar-refractivity contribution in [1.82, 2.24) is 4.90 Å². The lowest BCUT2D eigenvalue weighted by atomic mass is 10.0. The third-order valence-electron chi connectivity index (χ3n) is 3.13. The Kier molecular flexibility index (Phi) is 3.71. The van der Waals surface area contributed by atoms with Crippen LogP contribution in [0.4, 0.5) is 8.78 Å². The highest BCUT2D eigenvalue weighted by Crippen LogP contribution is 2.29. The number of amides is 1. The van der Waals surface area contributed by atoms with E-state index in [9.17, 15) is 13.6 Å². The van der Waals surface area contributed by atoms with Crippen LogP contribution in [0.25, 0.3) is 0 Å². The minimum absolute atomic E-state index is 0.117. The summed E-state index contributed by atoms with van der Waals surface area (Å²) in [7, 11) is 0. The number of alkyl halides is 2. The topological polar surface area (TPSA) is 20.3 Å². The van der Waals surface area contributed by atoms with Crippen molar-refractivity contribution in [3.63, 3.8) is 0 Å². The van der Waals surface area contributed by atoms with Gasteiger partial charge in [0.25, 0.3) is 11.8 Å². The van der Waals surface area contributed by atoms with Crippen molar-refractivity contribution in [2.45, 2.75) is 25.7 Å². The first kappa shape index (κ1) is 13.5. The van der Waals surface area contributed by atoms with E-state index in [-0.39, 0.29) is 31.8 Å². The zero-order chi connectivity index (χ0) is 13.3. The van der Waals surface area contributed by atoms with Crippen LogP contribution in [0.15, 0.2) is 22.7 Å². The van der Waals surface area contributed by atoms with Gasteiger partial charge in [-0.15, -0.1) is 0 Å². The second-order valence-electron chi connectivity index (χ2n) is 4.63. The lowest BCUT2D eigenvalue weighted by Crippen LogP contribution is -2.42. The molecule has 0 spiro atoms. The average Bonchev–Trinajstić information content (AvgIpc) is 2.31. The van der Waals surface area contributed by atoms with E-state index in [1.54, 1.807) is 12.1 Å². The Hall–Kier alpha value is -0.970. The molecule has 1 aromatic rings. The number of hydrogen-bond donors (Lipinski definition) is 0. The minimum atomic E-state index is -2.62. The fourth-order valence-electron chi connectivity index (χ4n) is 2.01. The third kappa shape index (κ3) is 2.88. The molecule has 0 aromatic heterocycles. The van der Waals surface area contributed by atoms with Gasteiger partial charge < -0.3 is 4.90 Å². The van der Waals surface area contributed by atoms with Gasteiger partial charge in [-0.05, 0) is 35.0 Å². The van der Waals surface area contributed by atoms with Crippen LogP contribution in [0.3, 0.4) is 0 Å². The monoisotopic (exact) mass is 317 g/mol. The summed E-state index contributed by atoms with van der Waals surface area (Å²) in [5, 5.41) is 0. The molecule has 18 heavy (non-hydrogen) atoms. The number of likely N-dealkylation sites (tertiary alicyclic amines) is 1. The third-order valence-corrected chi connectivity index (χ3v) is 3.83. The predicted octanol–water partition coefficient (Wildman–Crippen LogP) is 3.63. The number of piperidine rings is 1. The molecule has 1 heterocycles. The summed E-state index contributed by atoms with van der Waals surface area (Å²) < 4.78 is 26.8. The molecule has 1 fully saturated rings. The van der Waals surface area contributed by atoms with E-state index in [0.29, 0.717) is 10.0 Å². The number of halogens is 3. The summed E-state index contributed by atoms with van der Waals surface area (Å²) in [6.45, 7) is 2.13. The van der Waals surface area contributed by atoms with Gasteiger partial charge in [0.1, 0.15) is 0 Å². The number of rotatable bonds is 1. The van der Waals surface area contributed by atoms with Crippen LogP contribution in [0, 0.1) is 6.92 Å². The molecular formula is C13H14BrF2NO. The van der Waals surface area contributed by atoms with Gasteiger partial charge in [0.2, 0.25) is 0 Å². The van der Waals surface area contributed by atoms with Gasteiger partial charge in [-0.25, -0.2) is 8.78 Å². The van der Waals surface area contributed by atoms with Crippen molar-refractivity contribution < 1.29 is 13.6 Å². The van der Waals surface area contributed by atoms with Crippen molar-refractivity contribution in [3.05, 3.63) is 33.8 Å². The Morgan fingerprint density at radius 1 is 1.33 bits per heavy atom. The van der Waals surface area contributed by atoms with E-state index in [4.69, 9.17) is 0 Å². The highest BCUT2D eigenvalue weighted by atomic mass is 79.9. The lowest BCUT2D eigenvalue weighted by Gasteiger charge is -2.32. The summed E-state index contributed by atoms with van der Waals surface area (Å²) in [4.78, 5) is 13.7. The van der Waals surface area contributed by atoms with Gasteiger partial charge in [0.05, 0.1) is 5.56 Å². The number of hydrogen-bond acceptors (Lipinski definition) is 1. The fourth-order valence-corrected chi connectivity index (χ4v) is 2.43. The van der Waals surface area contributed by atoms with Crippen LogP contribution in [0.5, 0.6) is 0 Å². The van der Waals surface area contributed by atoms with Crippen molar-refractivity contribution in [3.8, 4) is 0 Å². The molecule has 1 aliphatic rings. The minimum Gasteiger partial charge on any atom is -0.338 e. The lowest BCUT2D eigenvalue weighted by molar-refractivity contribution is -0.0494. The number of carbonyl (C=O) groups excluding carboxylic acids is 1. The second-order valence-corrected chi connectivity index (χ2v) is 5.49. The van der Waals surface area contributed by atoms with Crippen molar-refractivity contribution >= 4 is 21.8 Å². The number of carbonyl (C=O) groups is 1. The SMILES string of the molecule is Cc1ccc(Br)c(C(=O)N2CCC(F)(F)CC2)c1. The van der Waals surface area contributed by atoms with Gasteiger partial charge in [-0.3, -0.25) is 4.79 Å². The van der Waals surface area contributed by atoms with Gasteiger partial charge in [0.15, 0.2) is 0 Å². The molecule has 0 aliphatic carbocycles. The van der Waals surface area contributed by atoms with Crippen LogP contribution in [-0.4, -0.2) is 29.8 Å². The van der Waals surface area contributed by atoms with Crippen molar-refractivity contribution in [2.75, 3.05) is 13.1 Å². The Balaban J connectivity index is 2.15. The standard InChI is InChI=1S/C13H14BrF2NO/c1-9-2-3-11(14)10(8-9)12(18)17-6-4-13(15,16)5-7-17/h2-3,8H,4-7H2,1H3. The quantitative estimate of drug-likeness (QED) is 0.774. The molecular weight excluding hydrogens is 304 g/mol. The highest BCUT2D eigenvalue weighted by Gasteiger charge is 2.36. The van der Waals surface area contributed by atoms with Crippen molar-refractivity contribution in [2.24, 2.45) is 0 Å². The summed E-state index contributed by atoms with van der Waals surface area (Å²) in [6.07, 6.45) is -0.496. The maximum atomic E-state index is 13.0. The van der Waals surface area contributed by atoms with Gasteiger partial charge >= 0.3 is 0 Å². The molecule has 1 aliphatic heterocycles. The van der Waals surface area contributed by atoms with E-state index in [1.807, 2.05) is 13.0 Å². The molecule has 98 valence electrons. The Morgan fingerprint density at radius 2 is 1.94 bits per heavy atom. The zero-order valence-electron chi connectivity index (χ0n) is 10.0. The first-order valence-corrected chi connectivity index (χ1v) is 6.62. The Morgan fingerprint density at radius 3 is 2.56 bits per heavy atom. The van der Waals surface area contributed by atoms with Crippen LogP contribution in [0.1, 0.15) is 28.8 Å². The fraction of sp³-hybridized carbons (Fsp3) is 0.462. The van der Waals surface area contributed by atoms with E-state index < -0.39 is 5.92 Å². The molecule has 2 nitrogen and oxygen atoms in total. The van der Waals surface area contributed by atoms with Crippen LogP contribution in [-0.2, 0) is 0 Å². The van der Waals surface area contributed by atoms with E-state index in [2.05, 4.69) is 15.9 Å². The van der Waals surface area contributed by atoms with Crippen LogP contribution >= 0.6 is 15.9 Å². The molecule has 0 radical (unpaired) electrons. The number of aryl methyl sites for hydroxylation is 1. The molecule has 0 N–H and O–H groups in total. The molecule has 0 bridgehead atoms. The summed E-state index contributed by atoms with van der Waals surface area (Å²) in [5.41, 5.74) is 1.52. The van der Waals surface area contributed by atoms with E-state index in [1.165, 1.54) is 4.90 Å². The molecule has 0 saturated carbocycles. The van der Waals surface area contributed by atoms with Gasteiger partial charge in [-0.2, -0.15) is 0 Å². The molecule has 1 aromatic carbocycles. The van der Waals surface area contributed by atoms with Gasteiger partial charge in [0, 0.05) is 30.4 Å². The highest BCUT2D eigenvalue weighted by molar-refractivity contribution is 9.10. The molecule has 5 heteroatoms.